The standard InChI is InChI=1S/C17H8Cl2N2O6/c18-11-2-1-9(21(23)24)5-10(11)16-20-13(17(22)27-16)3-8-4-14-15(6-12(8)19)26-7-25-14/h1-6H,7H2/b13-3-. The van der Waals surface area contributed by atoms with Crippen molar-refractivity contribution in [3.63, 3.8) is 0 Å². The molecule has 0 aliphatic carbocycles. The Bertz CT molecular complexity index is 1060. The van der Waals surface area contributed by atoms with Gasteiger partial charge in [-0.05, 0) is 23.8 Å². The zero-order valence-electron chi connectivity index (χ0n) is 13.3. The lowest BCUT2D eigenvalue weighted by atomic mass is 10.1. The molecule has 10 heteroatoms. The van der Waals surface area contributed by atoms with Gasteiger partial charge in [-0.15, -0.1) is 0 Å². The van der Waals surface area contributed by atoms with Crippen molar-refractivity contribution < 1.29 is 23.9 Å². The number of rotatable bonds is 3. The molecule has 0 saturated carbocycles. The van der Waals surface area contributed by atoms with E-state index in [9.17, 15) is 14.9 Å². The fraction of sp³-hybridized carbons (Fsp3) is 0.0588. The van der Waals surface area contributed by atoms with Gasteiger partial charge in [0.25, 0.3) is 5.69 Å². The lowest BCUT2D eigenvalue weighted by Crippen LogP contribution is -2.06. The van der Waals surface area contributed by atoms with Crippen LogP contribution in [0.4, 0.5) is 5.69 Å². The number of carbonyl (C=O) groups is 1. The highest BCUT2D eigenvalue weighted by Crippen LogP contribution is 2.38. The van der Waals surface area contributed by atoms with E-state index < -0.39 is 10.9 Å². The van der Waals surface area contributed by atoms with Gasteiger partial charge >= 0.3 is 5.97 Å². The summed E-state index contributed by atoms with van der Waals surface area (Å²) in [6, 6.07) is 6.94. The molecule has 136 valence electrons. The van der Waals surface area contributed by atoms with Crippen LogP contribution < -0.4 is 9.47 Å². The fourth-order valence-electron chi connectivity index (χ4n) is 2.51. The first-order chi connectivity index (χ1) is 12.9. The van der Waals surface area contributed by atoms with Crippen LogP contribution in [0.5, 0.6) is 11.5 Å². The Labute approximate surface area is 161 Å². The molecular formula is C17H8Cl2N2O6. The van der Waals surface area contributed by atoms with Crippen LogP contribution in [0.15, 0.2) is 41.0 Å². The number of ether oxygens (including phenoxy) is 3. The minimum absolute atomic E-state index is 0.0339. The van der Waals surface area contributed by atoms with Gasteiger partial charge in [-0.3, -0.25) is 10.1 Å². The molecule has 0 saturated heterocycles. The molecule has 0 unspecified atom stereocenters. The van der Waals surface area contributed by atoms with Gasteiger partial charge in [-0.25, -0.2) is 9.79 Å². The predicted molar refractivity (Wildman–Crippen MR) is 96.3 cm³/mol. The normalized spacial score (nSPS) is 16.4. The fourth-order valence-corrected chi connectivity index (χ4v) is 2.91. The van der Waals surface area contributed by atoms with Gasteiger partial charge in [0.15, 0.2) is 17.2 Å². The van der Waals surface area contributed by atoms with Crippen molar-refractivity contribution in [2.75, 3.05) is 6.79 Å². The van der Waals surface area contributed by atoms with E-state index in [2.05, 4.69) is 4.99 Å². The molecular weight excluding hydrogens is 399 g/mol. The van der Waals surface area contributed by atoms with Gasteiger partial charge in [0.1, 0.15) is 0 Å². The summed E-state index contributed by atoms with van der Waals surface area (Å²) in [7, 11) is 0. The Kier molecular flexibility index (Phi) is 4.21. The quantitative estimate of drug-likeness (QED) is 0.330. The van der Waals surface area contributed by atoms with E-state index >= 15 is 0 Å². The van der Waals surface area contributed by atoms with E-state index in [1.807, 2.05) is 0 Å². The average Bonchev–Trinajstić information content (AvgIpc) is 3.22. The number of nitro groups is 1. The van der Waals surface area contributed by atoms with Gasteiger partial charge in [0.2, 0.25) is 12.7 Å². The summed E-state index contributed by atoms with van der Waals surface area (Å²) < 4.78 is 15.6. The van der Waals surface area contributed by atoms with Gasteiger partial charge < -0.3 is 14.2 Å². The van der Waals surface area contributed by atoms with Crippen molar-refractivity contribution in [3.05, 3.63) is 67.3 Å². The first-order valence-electron chi connectivity index (χ1n) is 7.48. The highest BCUT2D eigenvalue weighted by molar-refractivity contribution is 6.35. The number of halogens is 2. The van der Waals surface area contributed by atoms with Crippen molar-refractivity contribution in [3.8, 4) is 11.5 Å². The van der Waals surface area contributed by atoms with Crippen LogP contribution in [0, 0.1) is 10.1 Å². The van der Waals surface area contributed by atoms with Gasteiger partial charge in [0.05, 0.1) is 20.5 Å². The number of cyclic esters (lactones) is 1. The van der Waals surface area contributed by atoms with Gasteiger partial charge in [-0.1, -0.05) is 23.2 Å². The molecule has 4 rings (SSSR count). The molecule has 0 bridgehead atoms. The molecule has 2 aliphatic rings. The Morgan fingerprint density at radius 2 is 1.85 bits per heavy atom. The molecule has 0 amide bonds. The number of nitro benzene ring substituents is 1. The zero-order valence-corrected chi connectivity index (χ0v) is 14.8. The minimum Gasteiger partial charge on any atom is -0.454 e. The summed E-state index contributed by atoms with van der Waals surface area (Å²) >= 11 is 12.3. The minimum atomic E-state index is -0.735. The number of nitrogens with zero attached hydrogens (tertiary/aromatic N) is 2. The lowest BCUT2D eigenvalue weighted by molar-refractivity contribution is -0.384. The second-order valence-electron chi connectivity index (χ2n) is 5.48. The highest BCUT2D eigenvalue weighted by atomic mass is 35.5. The van der Waals surface area contributed by atoms with Crippen molar-refractivity contribution in [2.45, 2.75) is 0 Å². The van der Waals surface area contributed by atoms with Crippen molar-refractivity contribution in [2.24, 2.45) is 4.99 Å². The van der Waals surface area contributed by atoms with Crippen molar-refractivity contribution >= 4 is 46.8 Å². The van der Waals surface area contributed by atoms with Gasteiger partial charge in [0, 0.05) is 18.2 Å². The molecule has 8 nitrogen and oxygen atoms in total. The molecule has 27 heavy (non-hydrogen) atoms. The topological polar surface area (TPSA) is 100 Å². The van der Waals surface area contributed by atoms with E-state index in [0.717, 1.165) is 0 Å². The number of fused-ring (bicyclic) bond motifs is 1. The SMILES string of the molecule is O=C1OC(c2cc([N+](=O)[O-])ccc2Cl)=N/C1=C\c1cc2c(cc1Cl)OCO2. The maximum Gasteiger partial charge on any atom is 0.363 e. The molecule has 2 aromatic rings. The number of aliphatic imine (C=N–C) groups is 1. The maximum atomic E-state index is 12.2. The first-order valence-corrected chi connectivity index (χ1v) is 8.24. The third-order valence-corrected chi connectivity index (χ3v) is 4.45. The van der Waals surface area contributed by atoms with Crippen LogP contribution in [0.2, 0.25) is 10.0 Å². The smallest absolute Gasteiger partial charge is 0.363 e. The molecule has 2 aliphatic heterocycles. The zero-order chi connectivity index (χ0) is 19.1. The number of benzene rings is 2. The Hall–Kier alpha value is -3.10. The monoisotopic (exact) mass is 406 g/mol. The van der Waals surface area contributed by atoms with Crippen LogP contribution in [0.1, 0.15) is 11.1 Å². The second-order valence-corrected chi connectivity index (χ2v) is 6.30. The molecule has 2 aromatic carbocycles. The third-order valence-electron chi connectivity index (χ3n) is 3.80. The number of carbonyl (C=O) groups excluding carboxylic acids is 1. The Balaban J connectivity index is 1.73. The molecule has 0 N–H and O–H groups in total. The predicted octanol–water partition coefficient (Wildman–Crippen LogP) is 3.97. The summed E-state index contributed by atoms with van der Waals surface area (Å²) in [5, 5.41) is 11.4. The average molecular weight is 407 g/mol. The molecule has 0 spiro atoms. The molecule has 0 radical (unpaired) electrons. The second kappa shape index (κ2) is 6.57. The van der Waals surface area contributed by atoms with Gasteiger partial charge in [-0.2, -0.15) is 0 Å². The summed E-state index contributed by atoms with van der Waals surface area (Å²) in [6.07, 6.45) is 1.42. The molecule has 0 atom stereocenters. The van der Waals surface area contributed by atoms with Crippen LogP contribution in [0.25, 0.3) is 6.08 Å². The van der Waals surface area contributed by atoms with Crippen LogP contribution in [0.3, 0.4) is 0 Å². The molecule has 0 fully saturated rings. The number of hydrogen-bond acceptors (Lipinski definition) is 7. The summed E-state index contributed by atoms with van der Waals surface area (Å²) in [6.45, 7) is 0.0846. The summed E-state index contributed by atoms with van der Waals surface area (Å²) in [4.78, 5) is 26.6. The van der Waals surface area contributed by atoms with Crippen LogP contribution in [-0.4, -0.2) is 23.6 Å². The van der Waals surface area contributed by atoms with E-state index in [-0.39, 0.29) is 34.7 Å². The Morgan fingerprint density at radius 1 is 1.11 bits per heavy atom. The maximum absolute atomic E-state index is 12.2. The summed E-state index contributed by atoms with van der Waals surface area (Å²) in [5.41, 5.74) is 0.375. The summed E-state index contributed by atoms with van der Waals surface area (Å²) in [5.74, 6) is 0.130. The Morgan fingerprint density at radius 3 is 2.59 bits per heavy atom. The third kappa shape index (κ3) is 3.20. The van der Waals surface area contributed by atoms with Crippen molar-refractivity contribution in [1.82, 2.24) is 0 Å². The van der Waals surface area contributed by atoms with E-state index in [0.29, 0.717) is 22.1 Å². The first kappa shape index (κ1) is 17.3. The number of esters is 1. The van der Waals surface area contributed by atoms with Crippen LogP contribution in [-0.2, 0) is 9.53 Å². The van der Waals surface area contributed by atoms with Crippen LogP contribution >= 0.6 is 23.2 Å². The number of hydrogen-bond donors (Lipinski definition) is 0. The highest BCUT2D eigenvalue weighted by Gasteiger charge is 2.27. The lowest BCUT2D eigenvalue weighted by Gasteiger charge is -2.02. The molecule has 2 heterocycles. The van der Waals surface area contributed by atoms with Crippen molar-refractivity contribution in [1.29, 1.82) is 0 Å². The number of non-ortho nitro benzene ring substituents is 1. The molecule has 0 aromatic heterocycles. The van der Waals surface area contributed by atoms with E-state index in [4.69, 9.17) is 37.4 Å². The van der Waals surface area contributed by atoms with E-state index in [1.165, 1.54) is 24.3 Å². The largest absolute Gasteiger partial charge is 0.454 e. The van der Waals surface area contributed by atoms with E-state index in [1.54, 1.807) is 12.1 Å².